The second-order valence-electron chi connectivity index (χ2n) is 6.59. The van der Waals surface area contributed by atoms with E-state index < -0.39 is 29.6 Å². The maximum Gasteiger partial charge on any atom is 0.416 e. The fourth-order valence-electron chi connectivity index (χ4n) is 3.23. The highest BCUT2D eigenvalue weighted by molar-refractivity contribution is 5.97. The Labute approximate surface area is 159 Å². The van der Waals surface area contributed by atoms with Gasteiger partial charge in [-0.1, -0.05) is 0 Å². The molecule has 10 heteroatoms. The summed E-state index contributed by atoms with van der Waals surface area (Å²) in [5.74, 6) is -0.437. The molecule has 1 aromatic carbocycles. The van der Waals surface area contributed by atoms with Crippen molar-refractivity contribution in [2.24, 2.45) is 7.05 Å². The Balaban J connectivity index is 1.99. The minimum absolute atomic E-state index is 0.0747. The summed E-state index contributed by atoms with van der Waals surface area (Å²) >= 11 is 0. The van der Waals surface area contributed by atoms with E-state index in [1.54, 1.807) is 24.0 Å². The van der Waals surface area contributed by atoms with E-state index in [-0.39, 0.29) is 11.3 Å². The summed E-state index contributed by atoms with van der Waals surface area (Å²) in [6.07, 6.45) is -1.30. The van der Waals surface area contributed by atoms with Gasteiger partial charge in [-0.15, -0.1) is 0 Å². The third-order valence-electron chi connectivity index (χ3n) is 4.49. The SMILES string of the molecule is CC(=O)Nc1cc(C(=O)N2CCNCC2c2nccn2C)cc(C(F)(F)F)c1. The molecule has 2 heterocycles. The molecule has 1 unspecified atom stereocenters. The van der Waals surface area contributed by atoms with Crippen LogP contribution in [0.25, 0.3) is 0 Å². The smallest absolute Gasteiger partial charge is 0.336 e. The molecule has 1 fully saturated rings. The molecular formula is C18H20F3N5O2. The molecule has 2 aromatic rings. The van der Waals surface area contributed by atoms with Gasteiger partial charge in [-0.3, -0.25) is 9.59 Å². The number of hydrogen-bond donors (Lipinski definition) is 2. The van der Waals surface area contributed by atoms with E-state index in [1.165, 1.54) is 17.9 Å². The zero-order valence-electron chi connectivity index (χ0n) is 15.4. The second kappa shape index (κ2) is 7.63. The molecule has 1 saturated heterocycles. The number of amides is 2. The molecule has 0 saturated carbocycles. The molecule has 1 atom stereocenters. The van der Waals surface area contributed by atoms with E-state index in [4.69, 9.17) is 0 Å². The summed E-state index contributed by atoms with van der Waals surface area (Å²) in [5.41, 5.74) is -1.21. The van der Waals surface area contributed by atoms with Crippen LogP contribution in [0.15, 0.2) is 30.6 Å². The lowest BCUT2D eigenvalue weighted by Crippen LogP contribution is -2.49. The van der Waals surface area contributed by atoms with Crippen LogP contribution >= 0.6 is 0 Å². The Morgan fingerprint density at radius 3 is 2.64 bits per heavy atom. The summed E-state index contributed by atoms with van der Waals surface area (Å²) in [4.78, 5) is 30.2. The van der Waals surface area contributed by atoms with Crippen molar-refractivity contribution >= 4 is 17.5 Å². The maximum absolute atomic E-state index is 13.3. The van der Waals surface area contributed by atoms with Gasteiger partial charge in [0.05, 0.1) is 5.56 Å². The van der Waals surface area contributed by atoms with Crippen molar-refractivity contribution in [2.45, 2.75) is 19.1 Å². The highest BCUT2D eigenvalue weighted by Crippen LogP contribution is 2.33. The van der Waals surface area contributed by atoms with E-state index in [9.17, 15) is 22.8 Å². The summed E-state index contributed by atoms with van der Waals surface area (Å²) in [6, 6.07) is 2.47. The summed E-state index contributed by atoms with van der Waals surface area (Å²) in [6.45, 7) is 2.47. The highest BCUT2D eigenvalue weighted by Gasteiger charge is 2.35. The predicted molar refractivity (Wildman–Crippen MR) is 95.6 cm³/mol. The van der Waals surface area contributed by atoms with Gasteiger partial charge in [0.25, 0.3) is 5.91 Å². The van der Waals surface area contributed by atoms with Gasteiger partial charge in [-0.05, 0) is 18.2 Å². The van der Waals surface area contributed by atoms with Gasteiger partial charge in [-0.2, -0.15) is 13.2 Å². The average molecular weight is 395 g/mol. The van der Waals surface area contributed by atoms with E-state index in [0.717, 1.165) is 12.1 Å². The molecular weight excluding hydrogens is 375 g/mol. The number of nitrogens with zero attached hydrogens (tertiary/aromatic N) is 3. The molecule has 3 rings (SSSR count). The molecule has 150 valence electrons. The summed E-state index contributed by atoms with van der Waals surface area (Å²) < 4.78 is 41.6. The minimum Gasteiger partial charge on any atom is -0.336 e. The van der Waals surface area contributed by atoms with Gasteiger partial charge >= 0.3 is 6.18 Å². The molecule has 1 aliphatic heterocycles. The van der Waals surface area contributed by atoms with Crippen molar-refractivity contribution in [3.05, 3.63) is 47.5 Å². The summed E-state index contributed by atoms with van der Waals surface area (Å²) in [5, 5.41) is 5.50. The standard InChI is InChI=1S/C18H20F3N5O2/c1-11(27)24-14-8-12(7-13(9-14)18(19,20)21)17(28)26-6-3-22-10-15(26)16-23-4-5-25(16)2/h4-5,7-9,15,22H,3,6,10H2,1-2H3,(H,24,27). The zero-order valence-corrected chi connectivity index (χ0v) is 15.4. The number of benzene rings is 1. The van der Waals surface area contributed by atoms with Gasteiger partial charge in [0.1, 0.15) is 11.9 Å². The minimum atomic E-state index is -4.65. The molecule has 7 nitrogen and oxygen atoms in total. The Hall–Kier alpha value is -2.88. The topological polar surface area (TPSA) is 79.3 Å². The number of aryl methyl sites for hydroxylation is 1. The number of anilines is 1. The first-order valence-corrected chi connectivity index (χ1v) is 8.65. The molecule has 28 heavy (non-hydrogen) atoms. The number of carbonyl (C=O) groups excluding carboxylic acids is 2. The number of rotatable bonds is 3. The quantitative estimate of drug-likeness (QED) is 0.835. The van der Waals surface area contributed by atoms with E-state index in [1.807, 2.05) is 0 Å². The first-order valence-electron chi connectivity index (χ1n) is 8.65. The molecule has 2 amide bonds. The number of aromatic nitrogens is 2. The first kappa shape index (κ1) is 19.9. The van der Waals surface area contributed by atoms with Gasteiger partial charge < -0.3 is 20.1 Å². The molecule has 0 aliphatic carbocycles. The van der Waals surface area contributed by atoms with Crippen molar-refractivity contribution in [3.63, 3.8) is 0 Å². The third kappa shape index (κ3) is 4.16. The van der Waals surface area contributed by atoms with Crippen LogP contribution in [0.3, 0.4) is 0 Å². The Bertz CT molecular complexity index is 894. The van der Waals surface area contributed by atoms with Gasteiger partial charge in [-0.25, -0.2) is 4.98 Å². The summed E-state index contributed by atoms with van der Waals surface area (Å²) in [7, 11) is 1.79. The number of alkyl halides is 3. The van der Waals surface area contributed by atoms with Crippen LogP contribution in [-0.2, 0) is 18.0 Å². The van der Waals surface area contributed by atoms with Crippen molar-refractivity contribution < 1.29 is 22.8 Å². The number of carbonyl (C=O) groups is 2. The Morgan fingerprint density at radius 1 is 1.29 bits per heavy atom. The lowest BCUT2D eigenvalue weighted by atomic mass is 10.0. The average Bonchev–Trinajstić information content (AvgIpc) is 3.05. The van der Waals surface area contributed by atoms with Crippen LogP contribution < -0.4 is 10.6 Å². The van der Waals surface area contributed by atoms with Crippen LogP contribution in [-0.4, -0.2) is 45.9 Å². The van der Waals surface area contributed by atoms with Gasteiger partial charge in [0.15, 0.2) is 0 Å². The fourth-order valence-corrected chi connectivity index (χ4v) is 3.23. The largest absolute Gasteiger partial charge is 0.416 e. The van der Waals surface area contributed by atoms with Crippen molar-refractivity contribution in [1.29, 1.82) is 0 Å². The first-order chi connectivity index (χ1) is 13.2. The third-order valence-corrected chi connectivity index (χ3v) is 4.49. The van der Waals surface area contributed by atoms with Crippen LogP contribution in [0.4, 0.5) is 18.9 Å². The number of halogens is 3. The lowest BCUT2D eigenvalue weighted by Gasteiger charge is -2.36. The van der Waals surface area contributed by atoms with E-state index >= 15 is 0 Å². The number of imidazole rings is 1. The zero-order chi connectivity index (χ0) is 20.5. The van der Waals surface area contributed by atoms with Crippen LogP contribution in [0.5, 0.6) is 0 Å². The van der Waals surface area contributed by atoms with Gasteiger partial charge in [0, 0.05) is 57.3 Å². The highest BCUT2D eigenvalue weighted by atomic mass is 19.4. The van der Waals surface area contributed by atoms with Crippen LogP contribution in [0, 0.1) is 0 Å². The van der Waals surface area contributed by atoms with Crippen LogP contribution in [0.2, 0.25) is 0 Å². The van der Waals surface area contributed by atoms with E-state index in [2.05, 4.69) is 15.6 Å². The Kier molecular flexibility index (Phi) is 5.41. The van der Waals surface area contributed by atoms with E-state index in [0.29, 0.717) is 25.5 Å². The fraction of sp³-hybridized carbons (Fsp3) is 0.389. The lowest BCUT2D eigenvalue weighted by molar-refractivity contribution is -0.137. The maximum atomic E-state index is 13.3. The monoisotopic (exact) mass is 395 g/mol. The van der Waals surface area contributed by atoms with Crippen molar-refractivity contribution in [1.82, 2.24) is 19.8 Å². The van der Waals surface area contributed by atoms with Gasteiger partial charge in [0.2, 0.25) is 5.91 Å². The molecule has 2 N–H and O–H groups in total. The Morgan fingerprint density at radius 2 is 2.04 bits per heavy atom. The van der Waals surface area contributed by atoms with Crippen LogP contribution in [0.1, 0.15) is 34.7 Å². The molecule has 0 radical (unpaired) electrons. The van der Waals surface area contributed by atoms with Crippen molar-refractivity contribution in [2.75, 3.05) is 25.0 Å². The molecule has 0 spiro atoms. The number of nitrogens with one attached hydrogen (secondary N) is 2. The van der Waals surface area contributed by atoms with Crippen molar-refractivity contribution in [3.8, 4) is 0 Å². The second-order valence-corrected chi connectivity index (χ2v) is 6.59. The predicted octanol–water partition coefficient (Wildman–Crippen LogP) is 2.18. The molecule has 1 aliphatic rings. The number of hydrogen-bond acceptors (Lipinski definition) is 4. The normalized spacial score (nSPS) is 17.5. The number of piperazine rings is 1. The molecule has 1 aromatic heterocycles. The molecule has 0 bridgehead atoms.